The van der Waals surface area contributed by atoms with Gasteiger partial charge >= 0.3 is 0 Å². The van der Waals surface area contributed by atoms with Crippen LogP contribution in [0, 0.1) is 5.92 Å². The fourth-order valence-corrected chi connectivity index (χ4v) is 2.58. The lowest BCUT2D eigenvalue weighted by Crippen LogP contribution is -2.38. The Morgan fingerprint density at radius 1 is 1.14 bits per heavy atom. The standard InChI is InChI=1S/C12H22N2/c1-10-6-3-2-4-7-11(10)14-12-8-5-9-13-12/h10-11H,2-9H2,1H3,(H,13,14). The van der Waals surface area contributed by atoms with Crippen molar-refractivity contribution in [3.63, 3.8) is 0 Å². The molecule has 2 rings (SSSR count). The molecule has 1 N–H and O–H groups in total. The molecule has 1 heterocycles. The maximum atomic E-state index is 4.50. The molecule has 2 aliphatic rings. The van der Waals surface area contributed by atoms with Crippen LogP contribution in [0.25, 0.3) is 0 Å². The normalized spacial score (nSPS) is 33.6. The molecule has 0 spiro atoms. The van der Waals surface area contributed by atoms with Crippen LogP contribution in [0.4, 0.5) is 0 Å². The van der Waals surface area contributed by atoms with E-state index in [9.17, 15) is 0 Å². The first-order chi connectivity index (χ1) is 6.86. The minimum absolute atomic E-state index is 0.703. The van der Waals surface area contributed by atoms with Gasteiger partial charge in [-0.15, -0.1) is 0 Å². The monoisotopic (exact) mass is 194 g/mol. The van der Waals surface area contributed by atoms with Gasteiger partial charge in [-0.25, -0.2) is 0 Å². The van der Waals surface area contributed by atoms with Crippen LogP contribution in [-0.4, -0.2) is 18.4 Å². The molecule has 0 aromatic rings. The topological polar surface area (TPSA) is 24.4 Å². The second-order valence-corrected chi connectivity index (χ2v) is 4.80. The van der Waals surface area contributed by atoms with E-state index < -0.39 is 0 Å². The molecule has 2 atom stereocenters. The van der Waals surface area contributed by atoms with Crippen molar-refractivity contribution in [1.29, 1.82) is 0 Å². The molecule has 1 aliphatic heterocycles. The maximum absolute atomic E-state index is 4.50. The highest BCUT2D eigenvalue weighted by atomic mass is 15.0. The first kappa shape index (κ1) is 10.0. The van der Waals surface area contributed by atoms with E-state index in [-0.39, 0.29) is 0 Å². The molecule has 1 fully saturated rings. The zero-order valence-electron chi connectivity index (χ0n) is 9.26. The summed E-state index contributed by atoms with van der Waals surface area (Å²) >= 11 is 0. The Morgan fingerprint density at radius 3 is 2.79 bits per heavy atom. The quantitative estimate of drug-likeness (QED) is 0.638. The van der Waals surface area contributed by atoms with E-state index in [2.05, 4.69) is 17.2 Å². The van der Waals surface area contributed by atoms with Crippen molar-refractivity contribution in [1.82, 2.24) is 5.32 Å². The first-order valence-corrected chi connectivity index (χ1v) is 6.16. The summed E-state index contributed by atoms with van der Waals surface area (Å²) in [5.74, 6) is 2.12. The minimum Gasteiger partial charge on any atom is -0.371 e. The van der Waals surface area contributed by atoms with Gasteiger partial charge in [0, 0.05) is 19.0 Å². The Hall–Kier alpha value is -0.530. The Kier molecular flexibility index (Phi) is 3.44. The SMILES string of the molecule is CC1CCCCCC1NC1=NCCC1. The summed E-state index contributed by atoms with van der Waals surface area (Å²) < 4.78 is 0. The van der Waals surface area contributed by atoms with Crippen molar-refractivity contribution in [2.24, 2.45) is 10.9 Å². The van der Waals surface area contributed by atoms with Gasteiger partial charge in [0.15, 0.2) is 0 Å². The van der Waals surface area contributed by atoms with Gasteiger partial charge in [0.05, 0.1) is 5.84 Å². The molecule has 14 heavy (non-hydrogen) atoms. The third kappa shape index (κ3) is 2.49. The molecular formula is C12H22N2. The van der Waals surface area contributed by atoms with Crippen LogP contribution in [0.2, 0.25) is 0 Å². The Labute approximate surface area is 87.2 Å². The average Bonchev–Trinajstić information content (AvgIpc) is 2.60. The number of amidine groups is 1. The van der Waals surface area contributed by atoms with Crippen LogP contribution in [0.1, 0.15) is 51.9 Å². The van der Waals surface area contributed by atoms with E-state index in [1.807, 2.05) is 0 Å². The molecular weight excluding hydrogens is 172 g/mol. The number of rotatable bonds is 1. The van der Waals surface area contributed by atoms with Crippen molar-refractivity contribution >= 4 is 5.84 Å². The van der Waals surface area contributed by atoms with E-state index in [0.717, 1.165) is 12.5 Å². The van der Waals surface area contributed by atoms with Gasteiger partial charge in [0.1, 0.15) is 0 Å². The zero-order valence-corrected chi connectivity index (χ0v) is 9.26. The second-order valence-electron chi connectivity index (χ2n) is 4.80. The zero-order chi connectivity index (χ0) is 9.80. The molecule has 0 amide bonds. The molecule has 1 aliphatic carbocycles. The summed E-state index contributed by atoms with van der Waals surface area (Å²) in [5, 5.41) is 3.66. The molecule has 0 aromatic heterocycles. The van der Waals surface area contributed by atoms with Gasteiger partial charge in [-0.3, -0.25) is 4.99 Å². The summed E-state index contributed by atoms with van der Waals surface area (Å²) in [7, 11) is 0. The number of hydrogen-bond acceptors (Lipinski definition) is 2. The van der Waals surface area contributed by atoms with Crippen LogP contribution in [-0.2, 0) is 0 Å². The van der Waals surface area contributed by atoms with Gasteiger partial charge in [-0.1, -0.05) is 26.2 Å². The maximum Gasteiger partial charge on any atom is 0.0965 e. The Morgan fingerprint density at radius 2 is 2.00 bits per heavy atom. The molecule has 0 bridgehead atoms. The molecule has 0 saturated heterocycles. The highest BCUT2D eigenvalue weighted by molar-refractivity contribution is 5.83. The largest absolute Gasteiger partial charge is 0.371 e. The predicted molar refractivity (Wildman–Crippen MR) is 60.7 cm³/mol. The van der Waals surface area contributed by atoms with Gasteiger partial charge in [-0.05, 0) is 25.2 Å². The third-order valence-electron chi connectivity index (χ3n) is 3.59. The van der Waals surface area contributed by atoms with E-state index in [4.69, 9.17) is 0 Å². The van der Waals surface area contributed by atoms with Crippen LogP contribution in [0.3, 0.4) is 0 Å². The van der Waals surface area contributed by atoms with Crippen molar-refractivity contribution in [3.8, 4) is 0 Å². The third-order valence-corrected chi connectivity index (χ3v) is 3.59. The summed E-state index contributed by atoms with van der Waals surface area (Å²) in [6.45, 7) is 3.43. The molecule has 0 aromatic carbocycles. The van der Waals surface area contributed by atoms with Crippen molar-refractivity contribution in [3.05, 3.63) is 0 Å². The molecule has 2 unspecified atom stereocenters. The summed E-state index contributed by atoms with van der Waals surface area (Å²) in [6.07, 6.45) is 9.42. The average molecular weight is 194 g/mol. The number of nitrogens with one attached hydrogen (secondary N) is 1. The summed E-state index contributed by atoms with van der Waals surface area (Å²) in [4.78, 5) is 4.50. The molecule has 0 radical (unpaired) electrons. The van der Waals surface area contributed by atoms with Gasteiger partial charge in [0.25, 0.3) is 0 Å². The molecule has 80 valence electrons. The smallest absolute Gasteiger partial charge is 0.0965 e. The van der Waals surface area contributed by atoms with E-state index >= 15 is 0 Å². The summed E-state index contributed by atoms with van der Waals surface area (Å²) in [6, 6.07) is 0.703. The number of aliphatic imine (C=N–C) groups is 1. The lowest BCUT2D eigenvalue weighted by atomic mass is 9.97. The van der Waals surface area contributed by atoms with E-state index in [1.54, 1.807) is 0 Å². The lowest BCUT2D eigenvalue weighted by molar-refractivity contribution is 0.399. The second kappa shape index (κ2) is 4.81. The van der Waals surface area contributed by atoms with Crippen LogP contribution in [0.15, 0.2) is 4.99 Å². The first-order valence-electron chi connectivity index (χ1n) is 6.16. The van der Waals surface area contributed by atoms with Gasteiger partial charge in [-0.2, -0.15) is 0 Å². The number of hydrogen-bond donors (Lipinski definition) is 1. The van der Waals surface area contributed by atoms with Crippen LogP contribution in [0.5, 0.6) is 0 Å². The van der Waals surface area contributed by atoms with E-state index in [0.29, 0.717) is 6.04 Å². The van der Waals surface area contributed by atoms with Crippen molar-refractivity contribution in [2.45, 2.75) is 57.9 Å². The number of nitrogens with zero attached hydrogens (tertiary/aromatic N) is 1. The lowest BCUT2D eigenvalue weighted by Gasteiger charge is -2.23. The highest BCUT2D eigenvalue weighted by Gasteiger charge is 2.21. The van der Waals surface area contributed by atoms with Gasteiger partial charge < -0.3 is 5.32 Å². The summed E-state index contributed by atoms with van der Waals surface area (Å²) in [5.41, 5.74) is 0. The Bertz CT molecular complexity index is 210. The molecule has 2 heteroatoms. The minimum atomic E-state index is 0.703. The highest BCUT2D eigenvalue weighted by Crippen LogP contribution is 2.23. The van der Waals surface area contributed by atoms with Crippen molar-refractivity contribution < 1.29 is 0 Å². The van der Waals surface area contributed by atoms with Crippen LogP contribution < -0.4 is 5.32 Å². The van der Waals surface area contributed by atoms with Crippen LogP contribution >= 0.6 is 0 Å². The van der Waals surface area contributed by atoms with E-state index in [1.165, 1.54) is 50.8 Å². The fraction of sp³-hybridized carbons (Fsp3) is 0.917. The Balaban J connectivity index is 1.87. The fourth-order valence-electron chi connectivity index (χ4n) is 2.58. The predicted octanol–water partition coefficient (Wildman–Crippen LogP) is 2.74. The molecule has 2 nitrogen and oxygen atoms in total. The van der Waals surface area contributed by atoms with Crippen molar-refractivity contribution in [2.75, 3.05) is 6.54 Å². The van der Waals surface area contributed by atoms with Gasteiger partial charge in [0.2, 0.25) is 0 Å². The molecule has 1 saturated carbocycles.